The number of amides is 3. The number of hydrogen-bond donors (Lipinski definition) is 3. The van der Waals surface area contributed by atoms with Gasteiger partial charge in [-0.25, -0.2) is 14.2 Å². The number of aromatic nitrogens is 2. The van der Waals surface area contributed by atoms with E-state index in [1.54, 1.807) is 6.07 Å². The molecular formula is C66H88F2N10O5. The molecule has 1 spiro atoms. The fourth-order valence-electron chi connectivity index (χ4n) is 16.2. The van der Waals surface area contributed by atoms with Gasteiger partial charge in [0.15, 0.2) is 0 Å². The number of carbonyl (C=O) groups is 4. The molecule has 2 aromatic carbocycles. The number of fused-ring (bicyclic) bond motifs is 7. The molecule has 446 valence electrons. The highest BCUT2D eigenvalue weighted by Crippen LogP contribution is 2.47. The van der Waals surface area contributed by atoms with E-state index in [4.69, 9.17) is 9.72 Å². The second kappa shape index (κ2) is 22.7. The number of nitrogens with one attached hydrogen (secondary N) is 3. The summed E-state index contributed by atoms with van der Waals surface area (Å²) >= 11 is 0. The Morgan fingerprint density at radius 3 is 2.46 bits per heavy atom. The first kappa shape index (κ1) is 56.6. The number of benzene rings is 2. The van der Waals surface area contributed by atoms with Crippen LogP contribution in [0.3, 0.4) is 0 Å². The van der Waals surface area contributed by atoms with Crippen LogP contribution in [0.15, 0.2) is 48.7 Å². The average molecular weight is 1140 g/mol. The quantitative estimate of drug-likeness (QED) is 0.0973. The van der Waals surface area contributed by atoms with Gasteiger partial charge in [-0.2, -0.15) is 0 Å². The van der Waals surface area contributed by atoms with Crippen LogP contribution in [0.4, 0.5) is 14.5 Å². The van der Waals surface area contributed by atoms with E-state index in [0.29, 0.717) is 81.1 Å². The number of aryl methyl sites for hydroxylation is 1. The Morgan fingerprint density at radius 1 is 0.867 bits per heavy atom. The molecule has 4 aromatic rings. The first-order chi connectivity index (χ1) is 40.0. The van der Waals surface area contributed by atoms with Crippen molar-refractivity contribution in [2.75, 3.05) is 70.4 Å². The van der Waals surface area contributed by atoms with E-state index in [1.165, 1.54) is 43.2 Å². The Balaban J connectivity index is 0.861. The lowest BCUT2D eigenvalue weighted by atomic mass is 9.83. The summed E-state index contributed by atoms with van der Waals surface area (Å²) in [6.45, 7) is 18.8. The minimum Gasteiger partial charge on any atom is -0.464 e. The summed E-state index contributed by atoms with van der Waals surface area (Å²) in [5.74, 6) is -0.0832. The minimum atomic E-state index is -2.80. The first-order valence-corrected chi connectivity index (χ1v) is 31.9. The molecule has 6 saturated heterocycles. The number of halogens is 2. The number of ether oxygens (including phenoxy) is 1. The van der Waals surface area contributed by atoms with Gasteiger partial charge in [0.05, 0.1) is 35.9 Å². The van der Waals surface area contributed by atoms with Gasteiger partial charge in [-0.1, -0.05) is 65.2 Å². The monoisotopic (exact) mass is 1140 g/mol. The lowest BCUT2D eigenvalue weighted by Crippen LogP contribution is -2.62. The predicted octanol–water partition coefficient (Wildman–Crippen LogP) is 9.01. The number of likely N-dealkylation sites (tertiary alicyclic amines) is 2. The number of hydrogen-bond acceptors (Lipinski definition) is 11. The number of hydrazine groups is 1. The second-order valence-electron chi connectivity index (χ2n) is 27.7. The van der Waals surface area contributed by atoms with Crippen LogP contribution in [-0.2, 0) is 43.3 Å². The van der Waals surface area contributed by atoms with Crippen LogP contribution in [0, 0.1) is 22.7 Å². The largest absolute Gasteiger partial charge is 0.464 e. The number of rotatable bonds is 11. The van der Waals surface area contributed by atoms with Crippen LogP contribution in [-0.4, -0.2) is 155 Å². The fourth-order valence-corrected chi connectivity index (χ4v) is 16.2. The maximum Gasteiger partial charge on any atom is 0.324 e. The fraction of sp³-hybridized carbons (Fsp3) is 0.652. The molecule has 2 aromatic heterocycles. The molecule has 8 fully saturated rings. The summed E-state index contributed by atoms with van der Waals surface area (Å²) in [5, 5.41) is 9.18. The molecule has 0 radical (unpaired) electrons. The van der Waals surface area contributed by atoms with Crippen LogP contribution in [0.1, 0.15) is 153 Å². The summed E-state index contributed by atoms with van der Waals surface area (Å²) in [6.07, 6.45) is 12.4. The number of alkyl halides is 2. The zero-order valence-corrected chi connectivity index (χ0v) is 49.7. The molecule has 3 N–H and O–H groups in total. The van der Waals surface area contributed by atoms with Crippen molar-refractivity contribution in [3.05, 3.63) is 71.0 Å². The van der Waals surface area contributed by atoms with Gasteiger partial charge in [-0.15, -0.1) is 0 Å². The lowest BCUT2D eigenvalue weighted by Gasteiger charge is -2.45. The Kier molecular flexibility index (Phi) is 15.5. The minimum absolute atomic E-state index is 0.0456. The molecule has 15 nitrogen and oxygen atoms in total. The predicted molar refractivity (Wildman–Crippen MR) is 318 cm³/mol. The van der Waals surface area contributed by atoms with Crippen LogP contribution in [0.5, 0.6) is 0 Å². The maximum atomic E-state index is 15.4. The number of anilines is 1. The molecule has 2 aliphatic carbocycles. The molecule has 17 heteroatoms. The Hall–Kier alpha value is -5.49. The first-order valence-electron chi connectivity index (χ1n) is 31.9. The third-order valence-corrected chi connectivity index (χ3v) is 20.8. The highest BCUT2D eigenvalue weighted by Gasteiger charge is 2.55. The van der Waals surface area contributed by atoms with E-state index in [9.17, 15) is 9.59 Å². The third-order valence-electron chi connectivity index (χ3n) is 20.8. The van der Waals surface area contributed by atoms with Gasteiger partial charge >= 0.3 is 5.97 Å². The van der Waals surface area contributed by atoms with Crippen molar-refractivity contribution in [2.45, 2.75) is 186 Å². The zero-order chi connectivity index (χ0) is 57.5. The third kappa shape index (κ3) is 11.3. The van der Waals surface area contributed by atoms with Crippen molar-refractivity contribution >= 4 is 40.3 Å². The number of carbonyl (C=O) groups excluding carboxylic acids is 4. The molecule has 6 bridgehead atoms. The van der Waals surface area contributed by atoms with Crippen LogP contribution in [0.25, 0.3) is 33.3 Å². The van der Waals surface area contributed by atoms with Gasteiger partial charge in [0, 0.05) is 104 Å². The summed E-state index contributed by atoms with van der Waals surface area (Å²) in [4.78, 5) is 73.5. The van der Waals surface area contributed by atoms with Crippen molar-refractivity contribution in [1.82, 2.24) is 45.3 Å². The van der Waals surface area contributed by atoms with Crippen molar-refractivity contribution < 1.29 is 32.7 Å². The highest BCUT2D eigenvalue weighted by atomic mass is 19.3. The topological polar surface area (TPSA) is 158 Å². The molecule has 13 rings (SSSR count). The van der Waals surface area contributed by atoms with Gasteiger partial charge in [0.1, 0.15) is 18.1 Å². The summed E-state index contributed by atoms with van der Waals surface area (Å²) in [5.41, 5.74) is 10.6. The van der Waals surface area contributed by atoms with Gasteiger partial charge in [0.2, 0.25) is 11.8 Å². The normalized spacial score (nSPS) is 28.5. The van der Waals surface area contributed by atoms with E-state index >= 15 is 18.4 Å². The number of esters is 1. The SMILES string of the molecule is CCn1c(-c2cc(N3CCN4CCCC[C@@H]4C3)cnc2C(C)C)c2c3cc(ccc31)-c1cc(cc(C(F)F)c1)C[C@H](NC(=O)[C@H](C1CCCC1)N1CC[C@]3(CCN(C(=O)[C@@H]4N[C@@H]4C4CC4)C3)C1)C(=O)N1CCC[C@H](N1)C(=O)OCC(C)(C)C2. The van der Waals surface area contributed by atoms with E-state index in [0.717, 1.165) is 116 Å². The van der Waals surface area contributed by atoms with E-state index in [2.05, 4.69) is 99.2 Å². The molecule has 9 heterocycles. The standard InChI is InChI=1S/C66H88F2N10O5/c1-6-77-54-19-18-44-32-49(54)51(59(77)50-33-48(35-69-55(50)40(2)3)74-27-26-73-22-10-9-14-47(73)36-74)34-65(4,5)39-83-64(82)52-15-11-23-78(72-52)62(80)53(30-41-28-45(44)31-46(29-41)60(67)68)70-61(79)58(43-12-7-8-13-43)75-24-20-66(37-75)21-25-76(38-66)63(81)57-56(71-57)42-16-17-42/h18-19,28-29,31-33,35,40,42-43,47,52-53,56-58,60,71-72H,6-17,20-27,30,34,36-39H2,1-5H3,(H,70,79)/t47-,52+,53+,56-,57-,58+,66+/m1/s1. The van der Waals surface area contributed by atoms with Gasteiger partial charge < -0.3 is 24.4 Å². The van der Waals surface area contributed by atoms with Gasteiger partial charge in [-0.3, -0.25) is 44.3 Å². The van der Waals surface area contributed by atoms with E-state index in [1.807, 2.05) is 12.1 Å². The van der Waals surface area contributed by atoms with Gasteiger partial charge in [0.25, 0.3) is 12.3 Å². The van der Waals surface area contributed by atoms with Crippen molar-refractivity contribution in [3.8, 4) is 22.4 Å². The van der Waals surface area contributed by atoms with Crippen LogP contribution < -0.4 is 21.0 Å². The molecule has 0 unspecified atom stereocenters. The van der Waals surface area contributed by atoms with Crippen LogP contribution in [0.2, 0.25) is 0 Å². The second-order valence-corrected chi connectivity index (χ2v) is 27.7. The molecule has 7 aliphatic heterocycles. The maximum absolute atomic E-state index is 15.4. The molecule has 83 heavy (non-hydrogen) atoms. The smallest absolute Gasteiger partial charge is 0.324 e. The lowest BCUT2D eigenvalue weighted by molar-refractivity contribution is -0.155. The van der Waals surface area contributed by atoms with Crippen molar-refractivity contribution in [3.63, 3.8) is 0 Å². The molecule has 3 amide bonds. The molecular weight excluding hydrogens is 1050 g/mol. The summed E-state index contributed by atoms with van der Waals surface area (Å²) < 4.78 is 39.5. The van der Waals surface area contributed by atoms with Crippen molar-refractivity contribution in [1.29, 1.82) is 0 Å². The van der Waals surface area contributed by atoms with Crippen LogP contribution >= 0.6 is 0 Å². The molecule has 7 atom stereocenters. The Labute approximate surface area is 488 Å². The van der Waals surface area contributed by atoms with E-state index in [-0.39, 0.29) is 53.7 Å². The number of piperidine rings is 1. The highest BCUT2D eigenvalue weighted by molar-refractivity contribution is 5.96. The van der Waals surface area contributed by atoms with Crippen molar-refractivity contribution in [2.24, 2.45) is 22.7 Å². The number of nitrogens with zero attached hydrogens (tertiary/aromatic N) is 7. The molecule has 9 aliphatic rings. The van der Waals surface area contributed by atoms with Gasteiger partial charge in [-0.05, 0) is 155 Å². The summed E-state index contributed by atoms with van der Waals surface area (Å²) in [7, 11) is 0. The number of piperazine rings is 1. The van der Waals surface area contributed by atoms with E-state index < -0.39 is 41.8 Å². The Bertz CT molecular complexity index is 3140. The number of cyclic esters (lactones) is 1. The number of pyridine rings is 1. The average Bonchev–Trinajstić information content (AvgIpc) is 3.89. The molecule has 2 saturated carbocycles. The zero-order valence-electron chi connectivity index (χ0n) is 49.7. The Morgan fingerprint density at radius 2 is 1.67 bits per heavy atom. The summed E-state index contributed by atoms with van der Waals surface area (Å²) in [6, 6.07) is 11.9.